The fourth-order valence-corrected chi connectivity index (χ4v) is 1.88. The molecule has 1 aliphatic rings. The Kier molecular flexibility index (Phi) is 2.61. The van der Waals surface area contributed by atoms with Crippen LogP contribution in [-0.4, -0.2) is 17.3 Å². The molecule has 1 aromatic rings. The SMILES string of the molecule is CC(C)(O)C1=Cc2cc(Br)ccc2OC1. The van der Waals surface area contributed by atoms with Gasteiger partial charge in [-0.1, -0.05) is 15.9 Å². The third kappa shape index (κ3) is 2.24. The Morgan fingerprint density at radius 2 is 2.13 bits per heavy atom. The summed E-state index contributed by atoms with van der Waals surface area (Å²) in [5, 5.41) is 9.88. The summed E-state index contributed by atoms with van der Waals surface area (Å²) in [4.78, 5) is 0. The maximum atomic E-state index is 9.88. The molecule has 0 aromatic heterocycles. The Morgan fingerprint density at radius 3 is 2.80 bits per heavy atom. The van der Waals surface area contributed by atoms with Gasteiger partial charge in [-0.2, -0.15) is 0 Å². The molecule has 0 amide bonds. The lowest BCUT2D eigenvalue weighted by atomic mass is 9.95. The first-order valence-corrected chi connectivity index (χ1v) is 5.62. The molecule has 1 aliphatic heterocycles. The first-order chi connectivity index (χ1) is 6.97. The number of hydrogen-bond acceptors (Lipinski definition) is 2. The Hall–Kier alpha value is -0.800. The van der Waals surface area contributed by atoms with Crippen molar-refractivity contribution in [2.75, 3.05) is 6.61 Å². The van der Waals surface area contributed by atoms with E-state index in [-0.39, 0.29) is 0 Å². The second kappa shape index (κ2) is 3.65. The van der Waals surface area contributed by atoms with Gasteiger partial charge in [0.2, 0.25) is 0 Å². The van der Waals surface area contributed by atoms with E-state index in [9.17, 15) is 5.11 Å². The number of ether oxygens (including phenoxy) is 1. The maximum absolute atomic E-state index is 9.88. The fraction of sp³-hybridized carbons (Fsp3) is 0.333. The van der Waals surface area contributed by atoms with Crippen LogP contribution in [0.2, 0.25) is 0 Å². The summed E-state index contributed by atoms with van der Waals surface area (Å²) in [7, 11) is 0. The van der Waals surface area contributed by atoms with E-state index in [1.54, 1.807) is 13.8 Å². The topological polar surface area (TPSA) is 29.5 Å². The molecule has 0 saturated carbocycles. The molecule has 1 heterocycles. The smallest absolute Gasteiger partial charge is 0.127 e. The van der Waals surface area contributed by atoms with Crippen LogP contribution in [0.4, 0.5) is 0 Å². The molecule has 0 fully saturated rings. The summed E-state index contributed by atoms with van der Waals surface area (Å²) in [6.45, 7) is 3.99. The van der Waals surface area contributed by atoms with Gasteiger partial charge in [-0.15, -0.1) is 0 Å². The normalized spacial score (nSPS) is 15.3. The lowest BCUT2D eigenvalue weighted by Gasteiger charge is -2.26. The molecular weight excluding hydrogens is 256 g/mol. The van der Waals surface area contributed by atoms with E-state index in [0.29, 0.717) is 6.61 Å². The molecule has 0 aliphatic carbocycles. The second-order valence-corrected chi connectivity index (χ2v) is 5.12. The predicted octanol–water partition coefficient (Wildman–Crippen LogP) is 3.00. The zero-order valence-corrected chi connectivity index (χ0v) is 10.3. The highest BCUT2D eigenvalue weighted by Gasteiger charge is 2.23. The van der Waals surface area contributed by atoms with Crippen molar-refractivity contribution in [1.82, 2.24) is 0 Å². The van der Waals surface area contributed by atoms with E-state index in [1.165, 1.54) is 0 Å². The highest BCUT2D eigenvalue weighted by Crippen LogP contribution is 2.32. The third-order valence-corrected chi connectivity index (χ3v) is 2.96. The van der Waals surface area contributed by atoms with Crippen molar-refractivity contribution in [3.8, 4) is 5.75 Å². The highest BCUT2D eigenvalue weighted by molar-refractivity contribution is 9.10. The van der Waals surface area contributed by atoms with E-state index >= 15 is 0 Å². The summed E-state index contributed by atoms with van der Waals surface area (Å²) in [6.07, 6.45) is 1.99. The van der Waals surface area contributed by atoms with Gasteiger partial charge in [0, 0.05) is 10.0 Å². The summed E-state index contributed by atoms with van der Waals surface area (Å²) in [5.74, 6) is 0.867. The van der Waals surface area contributed by atoms with Gasteiger partial charge in [-0.05, 0) is 43.7 Å². The van der Waals surface area contributed by atoms with Crippen LogP contribution in [0.25, 0.3) is 6.08 Å². The maximum Gasteiger partial charge on any atom is 0.127 e. The molecule has 2 nitrogen and oxygen atoms in total. The molecule has 0 radical (unpaired) electrons. The third-order valence-electron chi connectivity index (χ3n) is 2.47. The minimum absolute atomic E-state index is 0.456. The van der Waals surface area contributed by atoms with Crippen LogP contribution in [0.15, 0.2) is 28.2 Å². The Morgan fingerprint density at radius 1 is 1.40 bits per heavy atom. The van der Waals surface area contributed by atoms with Crippen molar-refractivity contribution in [1.29, 1.82) is 0 Å². The molecule has 0 unspecified atom stereocenters. The van der Waals surface area contributed by atoms with Crippen molar-refractivity contribution >= 4 is 22.0 Å². The zero-order valence-electron chi connectivity index (χ0n) is 8.75. The van der Waals surface area contributed by atoms with Gasteiger partial charge in [0.1, 0.15) is 12.4 Å². The van der Waals surface area contributed by atoms with Crippen molar-refractivity contribution < 1.29 is 9.84 Å². The molecule has 0 saturated heterocycles. The molecule has 3 heteroatoms. The number of halogens is 1. The van der Waals surface area contributed by atoms with Gasteiger partial charge in [-0.3, -0.25) is 0 Å². The van der Waals surface area contributed by atoms with Crippen molar-refractivity contribution in [2.45, 2.75) is 19.4 Å². The zero-order chi connectivity index (χ0) is 11.1. The summed E-state index contributed by atoms with van der Waals surface area (Å²) in [6, 6.07) is 5.86. The Bertz CT molecular complexity index is 416. The van der Waals surface area contributed by atoms with E-state index in [2.05, 4.69) is 15.9 Å². The van der Waals surface area contributed by atoms with E-state index < -0.39 is 5.60 Å². The van der Waals surface area contributed by atoms with Crippen molar-refractivity contribution in [3.63, 3.8) is 0 Å². The lowest BCUT2D eigenvalue weighted by molar-refractivity contribution is 0.107. The van der Waals surface area contributed by atoms with E-state index in [1.807, 2.05) is 24.3 Å². The second-order valence-electron chi connectivity index (χ2n) is 4.20. The van der Waals surface area contributed by atoms with Gasteiger partial charge < -0.3 is 9.84 Å². The van der Waals surface area contributed by atoms with Gasteiger partial charge >= 0.3 is 0 Å². The molecule has 1 N–H and O–H groups in total. The molecule has 2 rings (SSSR count). The first kappa shape index (κ1) is 10.7. The minimum Gasteiger partial charge on any atom is -0.489 e. The van der Waals surface area contributed by atoms with Gasteiger partial charge in [0.25, 0.3) is 0 Å². The average molecular weight is 269 g/mol. The van der Waals surface area contributed by atoms with Crippen LogP contribution in [-0.2, 0) is 0 Å². The summed E-state index contributed by atoms with van der Waals surface area (Å²) in [5.41, 5.74) is 1.08. The van der Waals surface area contributed by atoms with Crippen LogP contribution in [0.1, 0.15) is 19.4 Å². The van der Waals surface area contributed by atoms with Crippen LogP contribution in [0.3, 0.4) is 0 Å². The van der Waals surface area contributed by atoms with Crippen molar-refractivity contribution in [2.24, 2.45) is 0 Å². The van der Waals surface area contributed by atoms with Crippen LogP contribution in [0, 0.1) is 0 Å². The molecule has 80 valence electrons. The molecule has 0 bridgehead atoms. The van der Waals surface area contributed by atoms with Gasteiger partial charge in [0.05, 0.1) is 5.60 Å². The van der Waals surface area contributed by atoms with Crippen LogP contribution < -0.4 is 4.74 Å². The number of hydrogen-bond donors (Lipinski definition) is 1. The minimum atomic E-state index is -0.819. The average Bonchev–Trinajstić information content (AvgIpc) is 2.15. The molecule has 0 spiro atoms. The number of fused-ring (bicyclic) bond motifs is 1. The molecular formula is C12H13BrO2. The number of benzene rings is 1. The molecule has 15 heavy (non-hydrogen) atoms. The largest absolute Gasteiger partial charge is 0.489 e. The quantitative estimate of drug-likeness (QED) is 0.849. The summed E-state index contributed by atoms with van der Waals surface area (Å²) < 4.78 is 6.58. The number of rotatable bonds is 1. The van der Waals surface area contributed by atoms with Crippen molar-refractivity contribution in [3.05, 3.63) is 33.8 Å². The Labute approximate surface area is 97.7 Å². The van der Waals surface area contributed by atoms with Crippen LogP contribution >= 0.6 is 15.9 Å². The van der Waals surface area contributed by atoms with Crippen LogP contribution in [0.5, 0.6) is 5.75 Å². The lowest BCUT2D eigenvalue weighted by Crippen LogP contribution is -2.27. The monoisotopic (exact) mass is 268 g/mol. The van der Waals surface area contributed by atoms with E-state index in [4.69, 9.17) is 4.74 Å². The Balaban J connectivity index is 2.44. The van der Waals surface area contributed by atoms with Gasteiger partial charge in [0.15, 0.2) is 0 Å². The van der Waals surface area contributed by atoms with Gasteiger partial charge in [-0.25, -0.2) is 0 Å². The first-order valence-electron chi connectivity index (χ1n) is 4.82. The predicted molar refractivity (Wildman–Crippen MR) is 63.9 cm³/mol. The summed E-state index contributed by atoms with van der Waals surface area (Å²) >= 11 is 3.41. The molecule has 0 atom stereocenters. The highest BCUT2D eigenvalue weighted by atomic mass is 79.9. The number of aliphatic hydroxyl groups is 1. The fourth-order valence-electron chi connectivity index (χ4n) is 1.50. The standard InChI is InChI=1S/C12H13BrO2/c1-12(2,14)9-5-8-6-10(13)3-4-11(8)15-7-9/h3-6,14H,7H2,1-2H3. The van der Waals surface area contributed by atoms with E-state index in [0.717, 1.165) is 21.4 Å². The molecule has 1 aromatic carbocycles.